The second-order valence-corrected chi connectivity index (χ2v) is 5.10. The zero-order valence-corrected chi connectivity index (χ0v) is 12.8. The number of halogens is 4. The van der Waals surface area contributed by atoms with Crippen LogP contribution in [-0.4, -0.2) is 39.3 Å². The summed E-state index contributed by atoms with van der Waals surface area (Å²) >= 11 is 3.19. The maximum atomic E-state index is 12.5. The minimum Gasteiger partial charge on any atom is -0.288 e. The molecule has 0 radical (unpaired) electrons. The van der Waals surface area contributed by atoms with Gasteiger partial charge < -0.3 is 0 Å². The minimum atomic E-state index is -4.17. The first-order chi connectivity index (χ1) is 8.89. The number of hydrogen-bond donors (Lipinski definition) is 0. The van der Waals surface area contributed by atoms with Crippen molar-refractivity contribution in [1.29, 1.82) is 0 Å². The summed E-state index contributed by atoms with van der Waals surface area (Å²) < 4.78 is 39.3. The van der Waals surface area contributed by atoms with E-state index in [0.29, 0.717) is 18.4 Å². The molecular formula is C12H19BrF3N3. The van der Waals surface area contributed by atoms with Crippen molar-refractivity contribution < 1.29 is 13.2 Å². The van der Waals surface area contributed by atoms with E-state index in [0.717, 1.165) is 17.8 Å². The monoisotopic (exact) mass is 341 g/mol. The lowest BCUT2D eigenvalue weighted by Crippen LogP contribution is -2.35. The van der Waals surface area contributed by atoms with E-state index < -0.39 is 12.7 Å². The zero-order chi connectivity index (χ0) is 14.5. The molecule has 0 aromatic carbocycles. The van der Waals surface area contributed by atoms with Crippen LogP contribution < -0.4 is 0 Å². The fourth-order valence-corrected chi connectivity index (χ4v) is 2.41. The van der Waals surface area contributed by atoms with Crippen LogP contribution in [0.15, 0.2) is 6.07 Å². The molecule has 110 valence electrons. The molecule has 0 N–H and O–H groups in total. The molecule has 1 aromatic heterocycles. The molecule has 0 saturated heterocycles. The van der Waals surface area contributed by atoms with Crippen LogP contribution in [0.5, 0.6) is 0 Å². The van der Waals surface area contributed by atoms with Crippen LogP contribution in [0.3, 0.4) is 0 Å². The van der Waals surface area contributed by atoms with E-state index in [-0.39, 0.29) is 6.54 Å². The van der Waals surface area contributed by atoms with E-state index in [9.17, 15) is 13.2 Å². The molecule has 0 aliphatic heterocycles. The van der Waals surface area contributed by atoms with Crippen molar-refractivity contribution in [2.45, 2.75) is 39.5 Å². The second-order valence-electron chi connectivity index (χ2n) is 4.31. The molecule has 0 fully saturated rings. The fraction of sp³-hybridized carbons (Fsp3) is 0.750. The van der Waals surface area contributed by atoms with Gasteiger partial charge in [0, 0.05) is 25.0 Å². The minimum absolute atomic E-state index is 0.270. The van der Waals surface area contributed by atoms with Gasteiger partial charge in [0.2, 0.25) is 0 Å². The van der Waals surface area contributed by atoms with Gasteiger partial charge in [-0.15, -0.1) is 0 Å². The lowest BCUT2D eigenvalue weighted by atomic mass is 10.3. The Bertz CT molecular complexity index is 390. The molecule has 0 bridgehead atoms. The zero-order valence-electron chi connectivity index (χ0n) is 11.2. The standard InChI is InChI=1S/C12H19BrF3N3/c1-3-10-7-11(19(4-2)17-10)8-18(6-5-13)9-12(14,15)16/h7H,3-6,8-9H2,1-2H3. The number of aryl methyl sites for hydroxylation is 2. The summed E-state index contributed by atoms with van der Waals surface area (Å²) in [5.74, 6) is 0. The average molecular weight is 342 g/mol. The maximum Gasteiger partial charge on any atom is 0.401 e. The van der Waals surface area contributed by atoms with Crippen LogP contribution >= 0.6 is 15.9 Å². The van der Waals surface area contributed by atoms with Crippen molar-refractivity contribution in [3.05, 3.63) is 17.5 Å². The van der Waals surface area contributed by atoms with Crippen molar-refractivity contribution in [3.63, 3.8) is 0 Å². The second kappa shape index (κ2) is 7.28. The molecule has 7 heteroatoms. The molecular weight excluding hydrogens is 323 g/mol. The van der Waals surface area contributed by atoms with E-state index in [4.69, 9.17) is 0 Å². The molecule has 1 rings (SSSR count). The quantitative estimate of drug-likeness (QED) is 0.710. The van der Waals surface area contributed by atoms with Crippen LogP contribution in [0.4, 0.5) is 13.2 Å². The van der Waals surface area contributed by atoms with Crippen LogP contribution in [-0.2, 0) is 19.5 Å². The van der Waals surface area contributed by atoms with Gasteiger partial charge in [-0.2, -0.15) is 18.3 Å². The Kier molecular flexibility index (Phi) is 6.32. The summed E-state index contributed by atoms with van der Waals surface area (Å²) in [6.07, 6.45) is -3.38. The molecule has 1 aromatic rings. The Morgan fingerprint density at radius 2 is 2.05 bits per heavy atom. The highest BCUT2D eigenvalue weighted by Gasteiger charge is 2.30. The number of aromatic nitrogens is 2. The van der Waals surface area contributed by atoms with Crippen LogP contribution in [0.2, 0.25) is 0 Å². The van der Waals surface area contributed by atoms with Gasteiger partial charge in [0.05, 0.1) is 17.9 Å². The average Bonchev–Trinajstić information content (AvgIpc) is 2.69. The van der Waals surface area contributed by atoms with Crippen molar-refractivity contribution in [3.8, 4) is 0 Å². The SMILES string of the molecule is CCc1cc(CN(CCBr)CC(F)(F)F)n(CC)n1. The van der Waals surface area contributed by atoms with Crippen molar-refractivity contribution in [2.24, 2.45) is 0 Å². The van der Waals surface area contributed by atoms with E-state index in [1.807, 2.05) is 19.9 Å². The van der Waals surface area contributed by atoms with E-state index in [1.54, 1.807) is 4.68 Å². The molecule has 3 nitrogen and oxygen atoms in total. The van der Waals surface area contributed by atoms with E-state index in [2.05, 4.69) is 21.0 Å². The third-order valence-corrected chi connectivity index (χ3v) is 3.12. The van der Waals surface area contributed by atoms with Crippen molar-refractivity contribution in [1.82, 2.24) is 14.7 Å². The predicted molar refractivity (Wildman–Crippen MR) is 72.4 cm³/mol. The Morgan fingerprint density at radius 3 is 2.53 bits per heavy atom. The third-order valence-electron chi connectivity index (χ3n) is 2.76. The molecule has 1 heterocycles. The number of hydrogen-bond acceptors (Lipinski definition) is 2. The number of alkyl halides is 4. The summed E-state index contributed by atoms with van der Waals surface area (Å²) in [6, 6.07) is 1.89. The van der Waals surface area contributed by atoms with Crippen molar-refractivity contribution >= 4 is 15.9 Å². The molecule has 0 amide bonds. The Morgan fingerprint density at radius 1 is 1.37 bits per heavy atom. The summed E-state index contributed by atoms with van der Waals surface area (Å²) in [6.45, 7) is 4.33. The highest BCUT2D eigenvalue weighted by molar-refractivity contribution is 9.09. The summed E-state index contributed by atoms with van der Waals surface area (Å²) in [5, 5.41) is 4.87. The molecule has 0 unspecified atom stereocenters. The van der Waals surface area contributed by atoms with Gasteiger partial charge in [-0.1, -0.05) is 22.9 Å². The van der Waals surface area contributed by atoms with Gasteiger partial charge in [-0.3, -0.25) is 9.58 Å². The van der Waals surface area contributed by atoms with Gasteiger partial charge in [0.25, 0.3) is 0 Å². The Hall–Kier alpha value is -0.560. The maximum absolute atomic E-state index is 12.5. The summed E-state index contributed by atoms with van der Waals surface area (Å²) in [4.78, 5) is 1.39. The molecule has 0 aliphatic carbocycles. The van der Waals surface area contributed by atoms with Gasteiger partial charge in [0.15, 0.2) is 0 Å². The molecule has 0 atom stereocenters. The largest absolute Gasteiger partial charge is 0.401 e. The number of rotatable bonds is 7. The lowest BCUT2D eigenvalue weighted by molar-refractivity contribution is -0.146. The topological polar surface area (TPSA) is 21.1 Å². The summed E-state index contributed by atoms with van der Waals surface area (Å²) in [5.41, 5.74) is 1.76. The van der Waals surface area contributed by atoms with Gasteiger partial charge in [0.1, 0.15) is 0 Å². The first kappa shape index (κ1) is 16.5. The van der Waals surface area contributed by atoms with Crippen LogP contribution in [0.25, 0.3) is 0 Å². The Labute approximate surface area is 119 Å². The van der Waals surface area contributed by atoms with Gasteiger partial charge in [-0.25, -0.2) is 0 Å². The van der Waals surface area contributed by atoms with Crippen molar-refractivity contribution in [2.75, 3.05) is 18.4 Å². The predicted octanol–water partition coefficient (Wildman–Crippen LogP) is 3.22. The highest BCUT2D eigenvalue weighted by Crippen LogP contribution is 2.18. The van der Waals surface area contributed by atoms with Crippen LogP contribution in [0, 0.1) is 0 Å². The molecule has 0 spiro atoms. The highest BCUT2D eigenvalue weighted by atomic mass is 79.9. The van der Waals surface area contributed by atoms with Gasteiger partial charge in [-0.05, 0) is 19.4 Å². The third kappa shape index (κ3) is 5.52. The number of nitrogens with zero attached hydrogens (tertiary/aromatic N) is 3. The van der Waals surface area contributed by atoms with Crippen LogP contribution in [0.1, 0.15) is 25.2 Å². The first-order valence-corrected chi connectivity index (χ1v) is 7.42. The molecule has 0 aliphatic rings. The smallest absolute Gasteiger partial charge is 0.288 e. The molecule has 0 saturated carbocycles. The molecule has 19 heavy (non-hydrogen) atoms. The Balaban J connectivity index is 2.80. The lowest BCUT2D eigenvalue weighted by Gasteiger charge is -2.22. The van der Waals surface area contributed by atoms with E-state index >= 15 is 0 Å². The summed E-state index contributed by atoms with van der Waals surface area (Å²) in [7, 11) is 0. The first-order valence-electron chi connectivity index (χ1n) is 6.30. The fourth-order valence-electron chi connectivity index (χ4n) is 1.90. The van der Waals surface area contributed by atoms with E-state index in [1.165, 1.54) is 4.90 Å². The van der Waals surface area contributed by atoms with Gasteiger partial charge >= 0.3 is 6.18 Å². The normalized spacial score (nSPS) is 12.4.